The number of aromatic nitrogens is 4. The van der Waals surface area contributed by atoms with Crippen LogP contribution in [0.15, 0.2) is 40.2 Å². The van der Waals surface area contributed by atoms with Gasteiger partial charge in [0.2, 0.25) is 5.95 Å². The summed E-state index contributed by atoms with van der Waals surface area (Å²) < 4.78 is 47.2. The van der Waals surface area contributed by atoms with Gasteiger partial charge in [0, 0.05) is 75.5 Å². The van der Waals surface area contributed by atoms with Crippen molar-refractivity contribution in [1.82, 2.24) is 25.0 Å². The Morgan fingerprint density at radius 3 is 2.42 bits per heavy atom. The van der Waals surface area contributed by atoms with Crippen molar-refractivity contribution in [1.29, 1.82) is 0 Å². The smallest absolute Gasteiger partial charge is 0.324 e. The number of allylic oxidation sites excluding steroid dienone is 3. The predicted octanol–water partition coefficient (Wildman–Crippen LogP) is 3.48. The van der Waals surface area contributed by atoms with E-state index in [0.29, 0.717) is 43.0 Å². The summed E-state index contributed by atoms with van der Waals surface area (Å²) in [4.78, 5) is 32.0. The highest BCUT2D eigenvalue weighted by atomic mass is 19.2. The van der Waals surface area contributed by atoms with Crippen LogP contribution in [0.3, 0.4) is 0 Å². The maximum Gasteiger partial charge on any atom is 0.324 e. The molecule has 1 amide bonds. The Kier molecular flexibility index (Phi) is 7.60. The van der Waals surface area contributed by atoms with Gasteiger partial charge in [-0.2, -0.15) is 4.98 Å². The Labute approximate surface area is 231 Å². The number of anilines is 2. The van der Waals surface area contributed by atoms with Gasteiger partial charge in [-0.25, -0.2) is 23.1 Å². The van der Waals surface area contributed by atoms with E-state index in [1.165, 1.54) is 12.4 Å². The molecular weight excluding hydrogens is 525 g/mol. The molecule has 3 aliphatic rings. The zero-order valence-electron chi connectivity index (χ0n) is 23.1. The number of hydrogen-bond acceptors (Lipinski definition) is 9. The fourth-order valence-corrected chi connectivity index (χ4v) is 5.43. The normalized spacial score (nSPS) is 24.5. The lowest BCUT2D eigenvalue weighted by atomic mass is 9.87. The molecule has 2 aliphatic heterocycles. The zero-order valence-corrected chi connectivity index (χ0v) is 23.1. The van der Waals surface area contributed by atoms with Crippen LogP contribution < -0.4 is 15.5 Å². The number of rotatable bonds is 5. The molecule has 0 bridgehead atoms. The first-order valence-electron chi connectivity index (χ1n) is 13.5. The number of carbonyl (C=O) groups is 1. The van der Waals surface area contributed by atoms with Gasteiger partial charge >= 0.3 is 6.01 Å². The highest BCUT2D eigenvalue weighted by Crippen LogP contribution is 2.36. The fourth-order valence-electron chi connectivity index (χ4n) is 5.43. The standard InChI is InChI=1S/C27H35F3N8O2/c1-27(2,3)24-34-26(40-35-24)37-7-5-16(6-8-37)36(4)23(39)15-11-32-25(33-12-15)38-13-18(22(31)14-38)17-9-20(29)21(30)10-19(17)28/h9,11-12,16,18-19,22H,5-8,10,13-14,31H2,1-4H3. The monoisotopic (exact) mass is 560 g/mol. The van der Waals surface area contributed by atoms with E-state index in [4.69, 9.17) is 10.3 Å². The summed E-state index contributed by atoms with van der Waals surface area (Å²) in [7, 11) is 1.77. The number of amides is 1. The van der Waals surface area contributed by atoms with Crippen LogP contribution in [0, 0.1) is 5.92 Å². The molecule has 2 saturated heterocycles. The second kappa shape index (κ2) is 10.8. The molecule has 2 aromatic heterocycles. The Morgan fingerprint density at radius 1 is 1.12 bits per heavy atom. The summed E-state index contributed by atoms with van der Waals surface area (Å²) in [6.07, 6.45) is 3.11. The van der Waals surface area contributed by atoms with Gasteiger partial charge in [0.1, 0.15) is 12.0 Å². The molecule has 3 atom stereocenters. The Bertz CT molecular complexity index is 1300. The third kappa shape index (κ3) is 5.56. The van der Waals surface area contributed by atoms with E-state index in [9.17, 15) is 18.0 Å². The van der Waals surface area contributed by atoms with Crippen LogP contribution in [0.1, 0.15) is 56.2 Å². The minimum atomic E-state index is -1.62. The van der Waals surface area contributed by atoms with Crippen LogP contribution in [0.5, 0.6) is 0 Å². The lowest BCUT2D eigenvalue weighted by Crippen LogP contribution is -2.45. The summed E-state index contributed by atoms with van der Waals surface area (Å²) in [5.41, 5.74) is 6.54. The molecule has 1 aliphatic carbocycles. The van der Waals surface area contributed by atoms with Gasteiger partial charge in [0.05, 0.1) is 5.56 Å². The van der Waals surface area contributed by atoms with Crippen LogP contribution in [0.2, 0.25) is 0 Å². The average Bonchev–Trinajstić information content (AvgIpc) is 3.58. The van der Waals surface area contributed by atoms with Crippen LogP contribution in [-0.4, -0.2) is 82.4 Å². The highest BCUT2D eigenvalue weighted by molar-refractivity contribution is 5.93. The SMILES string of the molecule is CN(C(=O)c1cnc(N2CC(N)C(C3=CC(F)=C(F)CC3F)C2)nc1)C1CCN(c2nc(C(C)(C)C)no2)CC1. The van der Waals surface area contributed by atoms with E-state index in [2.05, 4.69) is 20.1 Å². The van der Waals surface area contributed by atoms with E-state index in [-0.39, 0.29) is 29.5 Å². The second-order valence-corrected chi connectivity index (χ2v) is 11.8. The number of hydrogen-bond donors (Lipinski definition) is 1. The first kappa shape index (κ1) is 28.1. The largest absolute Gasteiger partial charge is 0.339 e. The minimum Gasteiger partial charge on any atom is -0.339 e. The lowest BCUT2D eigenvalue weighted by molar-refractivity contribution is 0.0707. The third-order valence-corrected chi connectivity index (χ3v) is 7.92. The number of carbonyl (C=O) groups excluding carboxylic acids is 1. The van der Waals surface area contributed by atoms with Gasteiger partial charge in [-0.1, -0.05) is 25.9 Å². The molecule has 0 saturated carbocycles. The van der Waals surface area contributed by atoms with Crippen molar-refractivity contribution in [3.8, 4) is 0 Å². The molecule has 4 heterocycles. The maximum absolute atomic E-state index is 14.5. The lowest BCUT2D eigenvalue weighted by Gasteiger charge is -2.35. The molecule has 0 radical (unpaired) electrons. The topological polar surface area (TPSA) is 118 Å². The molecule has 216 valence electrons. The molecule has 40 heavy (non-hydrogen) atoms. The number of piperidine rings is 1. The van der Waals surface area contributed by atoms with Gasteiger partial charge in [-0.15, -0.1) is 0 Å². The predicted molar refractivity (Wildman–Crippen MR) is 143 cm³/mol. The van der Waals surface area contributed by atoms with Gasteiger partial charge in [-0.3, -0.25) is 4.79 Å². The van der Waals surface area contributed by atoms with E-state index in [1.807, 2.05) is 25.7 Å². The van der Waals surface area contributed by atoms with E-state index in [0.717, 1.165) is 18.9 Å². The van der Waals surface area contributed by atoms with Crippen molar-refractivity contribution in [3.05, 3.63) is 47.1 Å². The third-order valence-electron chi connectivity index (χ3n) is 7.92. The number of alkyl halides is 1. The van der Waals surface area contributed by atoms with Crippen molar-refractivity contribution in [3.63, 3.8) is 0 Å². The Morgan fingerprint density at radius 2 is 1.80 bits per heavy atom. The van der Waals surface area contributed by atoms with Crippen LogP contribution in [0.25, 0.3) is 0 Å². The Balaban J connectivity index is 1.18. The molecule has 5 rings (SSSR count). The van der Waals surface area contributed by atoms with Crippen molar-refractivity contribution in [2.24, 2.45) is 11.7 Å². The quantitative estimate of drug-likeness (QED) is 0.587. The molecule has 10 nitrogen and oxygen atoms in total. The first-order chi connectivity index (χ1) is 18.9. The second-order valence-electron chi connectivity index (χ2n) is 11.8. The molecule has 0 spiro atoms. The molecule has 2 aromatic rings. The van der Waals surface area contributed by atoms with Crippen LogP contribution >= 0.6 is 0 Å². The molecule has 3 unspecified atom stereocenters. The zero-order chi connectivity index (χ0) is 28.8. The molecular formula is C27H35F3N8O2. The molecule has 2 N–H and O–H groups in total. The number of nitrogens with zero attached hydrogens (tertiary/aromatic N) is 7. The minimum absolute atomic E-state index is 0.0301. The van der Waals surface area contributed by atoms with Gasteiger partial charge in [0.15, 0.2) is 11.7 Å². The summed E-state index contributed by atoms with van der Waals surface area (Å²) in [5, 5.41) is 4.09. The Hall–Kier alpha value is -3.48. The fraction of sp³-hybridized carbons (Fsp3) is 0.593. The van der Waals surface area contributed by atoms with Gasteiger partial charge in [-0.05, 0) is 24.5 Å². The van der Waals surface area contributed by atoms with Crippen molar-refractivity contribution >= 4 is 17.9 Å². The number of halogens is 3. The summed E-state index contributed by atoms with van der Waals surface area (Å²) in [6.45, 7) is 8.05. The van der Waals surface area contributed by atoms with E-state index >= 15 is 0 Å². The summed E-state index contributed by atoms with van der Waals surface area (Å²) in [6, 6.07) is 0.0378. The maximum atomic E-state index is 14.5. The van der Waals surface area contributed by atoms with Crippen molar-refractivity contribution < 1.29 is 22.5 Å². The average molecular weight is 561 g/mol. The highest BCUT2D eigenvalue weighted by Gasteiger charge is 2.39. The summed E-state index contributed by atoms with van der Waals surface area (Å²) >= 11 is 0. The van der Waals surface area contributed by atoms with Gasteiger partial charge in [0.25, 0.3) is 5.91 Å². The van der Waals surface area contributed by atoms with E-state index < -0.39 is 36.2 Å². The number of nitrogens with two attached hydrogens (primary N) is 1. The first-order valence-corrected chi connectivity index (χ1v) is 13.5. The van der Waals surface area contributed by atoms with Gasteiger partial charge < -0.3 is 25.0 Å². The van der Waals surface area contributed by atoms with Crippen LogP contribution in [-0.2, 0) is 5.41 Å². The van der Waals surface area contributed by atoms with Crippen molar-refractivity contribution in [2.45, 2.75) is 63.7 Å². The van der Waals surface area contributed by atoms with Crippen LogP contribution in [0.4, 0.5) is 25.1 Å². The van der Waals surface area contributed by atoms with E-state index in [1.54, 1.807) is 16.8 Å². The summed E-state index contributed by atoms with van der Waals surface area (Å²) in [5.74, 6) is -1.82. The molecule has 13 heteroatoms. The molecule has 2 fully saturated rings. The molecule has 0 aromatic carbocycles. The van der Waals surface area contributed by atoms with Crippen molar-refractivity contribution in [2.75, 3.05) is 43.0 Å².